The number of nitrogens with zero attached hydrogens (tertiary/aromatic N) is 4. The summed E-state index contributed by atoms with van der Waals surface area (Å²) in [5.74, 6) is 1.07. The molecular formula is C11H21N5. The van der Waals surface area contributed by atoms with Crippen LogP contribution >= 0.6 is 0 Å². The zero-order valence-corrected chi connectivity index (χ0v) is 10.3. The third-order valence-corrected chi connectivity index (χ3v) is 3.36. The SMILES string of the molecule is CC[C@@H]1CN(C)CCN1c1c(N)cnn1C. The van der Waals surface area contributed by atoms with Crippen molar-refractivity contribution in [1.29, 1.82) is 0 Å². The number of hydrogen-bond acceptors (Lipinski definition) is 4. The van der Waals surface area contributed by atoms with Crippen LogP contribution in [0.2, 0.25) is 0 Å². The summed E-state index contributed by atoms with van der Waals surface area (Å²) < 4.78 is 1.88. The highest BCUT2D eigenvalue weighted by molar-refractivity contribution is 5.63. The molecule has 0 aromatic carbocycles. The van der Waals surface area contributed by atoms with E-state index in [1.165, 1.54) is 0 Å². The van der Waals surface area contributed by atoms with Gasteiger partial charge in [0.1, 0.15) is 5.82 Å². The van der Waals surface area contributed by atoms with E-state index in [0.29, 0.717) is 6.04 Å². The van der Waals surface area contributed by atoms with Gasteiger partial charge in [-0.3, -0.25) is 4.68 Å². The fourth-order valence-electron chi connectivity index (χ4n) is 2.44. The fourth-order valence-corrected chi connectivity index (χ4v) is 2.44. The standard InChI is InChI=1S/C11H21N5/c1-4-9-8-14(2)5-6-16(9)11-10(12)7-13-15(11)3/h7,9H,4-6,8,12H2,1-3H3/t9-/m1/s1. The lowest BCUT2D eigenvalue weighted by Crippen LogP contribution is -2.52. The second-order valence-corrected chi connectivity index (χ2v) is 4.56. The summed E-state index contributed by atoms with van der Waals surface area (Å²) in [5, 5.41) is 4.22. The molecule has 0 spiro atoms. The number of likely N-dealkylation sites (N-methyl/N-ethyl adjacent to an activating group) is 1. The van der Waals surface area contributed by atoms with Gasteiger partial charge in [-0.05, 0) is 13.5 Å². The fraction of sp³-hybridized carbons (Fsp3) is 0.727. The summed E-state index contributed by atoms with van der Waals surface area (Å²) >= 11 is 0. The Kier molecular flexibility index (Phi) is 3.05. The quantitative estimate of drug-likeness (QED) is 0.794. The molecule has 1 aliphatic rings. The highest BCUT2D eigenvalue weighted by Gasteiger charge is 2.27. The lowest BCUT2D eigenvalue weighted by molar-refractivity contribution is 0.261. The predicted molar refractivity (Wildman–Crippen MR) is 66.5 cm³/mol. The summed E-state index contributed by atoms with van der Waals surface area (Å²) in [6, 6.07) is 0.538. The lowest BCUT2D eigenvalue weighted by Gasteiger charge is -2.41. The Morgan fingerprint density at radius 3 is 2.75 bits per heavy atom. The largest absolute Gasteiger partial charge is 0.394 e. The summed E-state index contributed by atoms with van der Waals surface area (Å²) in [4.78, 5) is 4.76. The van der Waals surface area contributed by atoms with Crippen LogP contribution in [0.1, 0.15) is 13.3 Å². The maximum atomic E-state index is 5.99. The van der Waals surface area contributed by atoms with Gasteiger partial charge in [-0.2, -0.15) is 5.10 Å². The molecule has 0 unspecified atom stereocenters. The van der Waals surface area contributed by atoms with Crippen molar-refractivity contribution in [2.75, 3.05) is 37.3 Å². The molecule has 1 aromatic rings. The zero-order valence-electron chi connectivity index (χ0n) is 10.3. The molecule has 1 atom stereocenters. The molecule has 16 heavy (non-hydrogen) atoms. The third-order valence-electron chi connectivity index (χ3n) is 3.36. The number of nitrogens with two attached hydrogens (primary N) is 1. The third kappa shape index (κ3) is 1.87. The highest BCUT2D eigenvalue weighted by atomic mass is 15.4. The van der Waals surface area contributed by atoms with E-state index < -0.39 is 0 Å². The summed E-state index contributed by atoms with van der Waals surface area (Å²) in [6.07, 6.45) is 2.87. The van der Waals surface area contributed by atoms with Gasteiger partial charge in [0.15, 0.2) is 0 Å². The minimum absolute atomic E-state index is 0.538. The van der Waals surface area contributed by atoms with Crippen LogP contribution in [0, 0.1) is 0 Å². The Bertz CT molecular complexity index is 340. The van der Waals surface area contributed by atoms with E-state index in [1.807, 2.05) is 11.7 Å². The van der Waals surface area contributed by atoms with Gasteiger partial charge in [-0.25, -0.2) is 0 Å². The second kappa shape index (κ2) is 4.33. The Morgan fingerprint density at radius 2 is 2.19 bits per heavy atom. The Balaban J connectivity index is 2.25. The van der Waals surface area contributed by atoms with Crippen molar-refractivity contribution < 1.29 is 0 Å². The van der Waals surface area contributed by atoms with Gasteiger partial charge < -0.3 is 15.5 Å². The molecule has 90 valence electrons. The number of nitrogen functional groups attached to an aromatic ring is 1. The minimum Gasteiger partial charge on any atom is -0.394 e. The summed E-state index contributed by atoms with van der Waals surface area (Å²) in [5.41, 5.74) is 6.77. The van der Waals surface area contributed by atoms with Crippen LogP contribution in [0.25, 0.3) is 0 Å². The van der Waals surface area contributed by atoms with Crippen LogP contribution in [0.4, 0.5) is 11.5 Å². The monoisotopic (exact) mass is 223 g/mol. The van der Waals surface area contributed by atoms with E-state index >= 15 is 0 Å². The Hall–Kier alpha value is -1.23. The van der Waals surface area contributed by atoms with Crippen LogP contribution in [0.15, 0.2) is 6.20 Å². The number of rotatable bonds is 2. The first-order chi connectivity index (χ1) is 7.63. The predicted octanol–water partition coefficient (Wildman–Crippen LogP) is 0.533. The van der Waals surface area contributed by atoms with Gasteiger partial charge >= 0.3 is 0 Å². The van der Waals surface area contributed by atoms with Crippen molar-refractivity contribution in [3.05, 3.63) is 6.20 Å². The van der Waals surface area contributed by atoms with Gasteiger partial charge in [0.2, 0.25) is 0 Å². The average molecular weight is 223 g/mol. The number of aryl methyl sites for hydroxylation is 1. The number of aromatic nitrogens is 2. The average Bonchev–Trinajstić information content (AvgIpc) is 2.59. The first-order valence-corrected chi connectivity index (χ1v) is 5.86. The maximum absolute atomic E-state index is 5.99. The molecule has 5 nitrogen and oxygen atoms in total. The maximum Gasteiger partial charge on any atom is 0.150 e. The van der Waals surface area contributed by atoms with E-state index in [4.69, 9.17) is 5.73 Å². The highest BCUT2D eigenvalue weighted by Crippen LogP contribution is 2.26. The minimum atomic E-state index is 0.538. The van der Waals surface area contributed by atoms with Gasteiger partial charge in [-0.1, -0.05) is 6.92 Å². The topological polar surface area (TPSA) is 50.3 Å². The molecule has 0 radical (unpaired) electrons. The molecule has 0 aliphatic carbocycles. The lowest BCUT2D eigenvalue weighted by atomic mass is 10.1. The van der Waals surface area contributed by atoms with Gasteiger partial charge in [0.05, 0.1) is 11.9 Å². The molecular weight excluding hydrogens is 202 g/mol. The Morgan fingerprint density at radius 1 is 1.44 bits per heavy atom. The first kappa shape index (κ1) is 11.3. The van der Waals surface area contributed by atoms with Crippen LogP contribution in [-0.2, 0) is 7.05 Å². The molecule has 1 fully saturated rings. The molecule has 0 amide bonds. The zero-order chi connectivity index (χ0) is 11.7. The molecule has 2 N–H and O–H groups in total. The molecule has 0 saturated carbocycles. The van der Waals surface area contributed by atoms with Gasteiger partial charge in [0, 0.05) is 32.7 Å². The molecule has 2 heterocycles. The van der Waals surface area contributed by atoms with Crippen LogP contribution in [0.5, 0.6) is 0 Å². The van der Waals surface area contributed by atoms with E-state index in [2.05, 4.69) is 28.9 Å². The van der Waals surface area contributed by atoms with Crippen LogP contribution in [0.3, 0.4) is 0 Å². The molecule has 1 saturated heterocycles. The van der Waals surface area contributed by atoms with Crippen molar-refractivity contribution in [3.63, 3.8) is 0 Å². The number of anilines is 2. The normalized spacial score (nSPS) is 22.7. The van der Waals surface area contributed by atoms with Gasteiger partial charge in [-0.15, -0.1) is 0 Å². The smallest absolute Gasteiger partial charge is 0.150 e. The Labute approximate surface area is 96.8 Å². The van der Waals surface area contributed by atoms with Crippen molar-refractivity contribution in [2.45, 2.75) is 19.4 Å². The second-order valence-electron chi connectivity index (χ2n) is 4.56. The number of piperazine rings is 1. The van der Waals surface area contributed by atoms with Crippen LogP contribution in [-0.4, -0.2) is 47.4 Å². The van der Waals surface area contributed by atoms with Crippen molar-refractivity contribution >= 4 is 11.5 Å². The van der Waals surface area contributed by atoms with Crippen molar-refractivity contribution in [3.8, 4) is 0 Å². The van der Waals surface area contributed by atoms with E-state index in [-0.39, 0.29) is 0 Å². The molecule has 1 aromatic heterocycles. The van der Waals surface area contributed by atoms with E-state index in [1.54, 1.807) is 6.20 Å². The summed E-state index contributed by atoms with van der Waals surface area (Å²) in [7, 11) is 4.13. The first-order valence-electron chi connectivity index (χ1n) is 5.86. The molecule has 1 aliphatic heterocycles. The van der Waals surface area contributed by atoms with Crippen LogP contribution < -0.4 is 10.6 Å². The molecule has 2 rings (SSSR count). The van der Waals surface area contributed by atoms with Crippen molar-refractivity contribution in [2.24, 2.45) is 7.05 Å². The van der Waals surface area contributed by atoms with E-state index in [9.17, 15) is 0 Å². The molecule has 5 heteroatoms. The van der Waals surface area contributed by atoms with Crippen molar-refractivity contribution in [1.82, 2.24) is 14.7 Å². The number of hydrogen-bond donors (Lipinski definition) is 1. The van der Waals surface area contributed by atoms with Gasteiger partial charge in [0.25, 0.3) is 0 Å². The van der Waals surface area contributed by atoms with E-state index in [0.717, 1.165) is 37.6 Å². The summed E-state index contributed by atoms with van der Waals surface area (Å²) in [6.45, 7) is 5.43. The molecule has 0 bridgehead atoms.